The Morgan fingerprint density at radius 2 is 0.810 bits per heavy atom. The second kappa shape index (κ2) is 19.5. The van der Waals surface area contributed by atoms with Gasteiger partial charge in [-0.05, 0) is 173 Å². The van der Waals surface area contributed by atoms with Crippen LogP contribution in [-0.2, 0) is 6.42 Å². The minimum atomic E-state index is -0.282. The molecule has 0 bridgehead atoms. The first kappa shape index (κ1) is 53.3. The van der Waals surface area contributed by atoms with Crippen LogP contribution < -0.4 is 26.2 Å². The molecule has 21 aromatic rings. The molecule has 0 spiro atoms. The maximum Gasteiger partial charge on any atom is 0.252 e. The van der Waals surface area contributed by atoms with E-state index in [9.17, 15) is 0 Å². The third-order valence-corrected chi connectivity index (χ3v) is 23.5. The van der Waals surface area contributed by atoms with E-state index in [0.29, 0.717) is 0 Å². The average molecular weight is 1290 g/mol. The highest BCUT2D eigenvalue weighted by atomic mass is 32.1. The number of para-hydroxylation sites is 7. The third kappa shape index (κ3) is 6.98. The Morgan fingerprint density at radius 1 is 0.300 bits per heavy atom. The van der Waals surface area contributed by atoms with Gasteiger partial charge in [-0.2, -0.15) is 0 Å². The molecule has 462 valence electrons. The van der Waals surface area contributed by atoms with E-state index in [1.807, 2.05) is 11.3 Å². The zero-order chi connectivity index (χ0) is 64.7. The predicted molar refractivity (Wildman–Crippen MR) is 419 cm³/mol. The van der Waals surface area contributed by atoms with Gasteiger partial charge in [0.15, 0.2) is 5.58 Å². The largest absolute Gasteiger partial charge is 0.456 e. The Labute approximate surface area is 575 Å². The fraction of sp³-hybridized carbons (Fsp3) is 0.0110. The molecule has 7 nitrogen and oxygen atoms in total. The standard InChI is InChI=1S/C91H52BN5O2S/c1-9-28-71-57(20-1)58-21-2-10-29-72(58)93(71)54-40-39-52-45-53-19-17-34-78(87(53)65(52)46-54)96-80-49-66-64-27-8-16-38-85(64)100-86(66)51-70(80)92-69-48-56(95-75-32-13-5-24-61(75)62-25-6-14-33-76(62)95)41-43-77(69)97(90-89(92)81(96)50-67-63-26-7-15-36-82(63)99-91(67)90)79-35-18-37-84-88(79)68-47-55(42-44-83(68)98-84)94-73-30-11-3-22-59(73)60-23-4-12-31-74(60)94/h1-44,46-51H,45H2. The van der Waals surface area contributed by atoms with E-state index in [1.54, 1.807) is 0 Å². The molecular weight excluding hydrogens is 1240 g/mol. The molecule has 9 heteroatoms. The minimum Gasteiger partial charge on any atom is -0.456 e. The summed E-state index contributed by atoms with van der Waals surface area (Å²) in [7, 11) is 0. The molecule has 6 aromatic heterocycles. The molecule has 0 unspecified atom stereocenters. The number of fused-ring (bicyclic) bond motifs is 26. The molecule has 3 aliphatic rings. The lowest BCUT2D eigenvalue weighted by Gasteiger charge is -2.44. The van der Waals surface area contributed by atoms with Crippen molar-refractivity contribution in [2.45, 2.75) is 6.42 Å². The van der Waals surface area contributed by atoms with Crippen molar-refractivity contribution >= 4 is 198 Å². The van der Waals surface area contributed by atoms with Crippen molar-refractivity contribution in [1.29, 1.82) is 0 Å². The summed E-state index contributed by atoms with van der Waals surface area (Å²) in [6, 6.07) is 113. The highest BCUT2D eigenvalue weighted by molar-refractivity contribution is 7.26. The fourth-order valence-corrected chi connectivity index (χ4v) is 19.5. The molecule has 100 heavy (non-hydrogen) atoms. The van der Waals surface area contributed by atoms with Gasteiger partial charge in [-0.25, -0.2) is 0 Å². The smallest absolute Gasteiger partial charge is 0.252 e. The van der Waals surface area contributed by atoms with Crippen LogP contribution in [0.3, 0.4) is 0 Å². The van der Waals surface area contributed by atoms with Crippen molar-refractivity contribution in [3.63, 3.8) is 0 Å². The van der Waals surface area contributed by atoms with E-state index in [-0.39, 0.29) is 6.71 Å². The van der Waals surface area contributed by atoms with Crippen LogP contribution >= 0.6 is 11.3 Å². The summed E-state index contributed by atoms with van der Waals surface area (Å²) in [6.45, 7) is -0.282. The monoisotopic (exact) mass is 1290 g/mol. The Morgan fingerprint density at radius 3 is 1.47 bits per heavy atom. The Balaban J connectivity index is 0.831. The number of hydrogen-bond donors (Lipinski definition) is 0. The van der Waals surface area contributed by atoms with Gasteiger partial charge in [-0.1, -0.05) is 170 Å². The highest BCUT2D eigenvalue weighted by Gasteiger charge is 2.47. The molecular formula is C91H52BN5O2S. The number of thiophene rings is 1. The summed E-state index contributed by atoms with van der Waals surface area (Å²) in [4.78, 5) is 5.24. The Bertz CT molecular complexity index is 7100. The van der Waals surface area contributed by atoms with E-state index >= 15 is 0 Å². The first-order chi connectivity index (χ1) is 49.6. The summed E-state index contributed by atoms with van der Waals surface area (Å²) in [5.74, 6) is 0. The fourth-order valence-electron chi connectivity index (χ4n) is 18.3. The van der Waals surface area contributed by atoms with Crippen LogP contribution in [0.1, 0.15) is 11.1 Å². The van der Waals surface area contributed by atoms with Gasteiger partial charge in [-0.3, -0.25) is 0 Å². The summed E-state index contributed by atoms with van der Waals surface area (Å²) in [5, 5.41) is 14.1. The first-order valence-corrected chi connectivity index (χ1v) is 35.3. The summed E-state index contributed by atoms with van der Waals surface area (Å²) in [5.41, 5.74) is 28.9. The number of furan rings is 2. The van der Waals surface area contributed by atoms with Crippen molar-refractivity contribution in [2.24, 2.45) is 0 Å². The molecule has 15 aromatic carbocycles. The average Bonchev–Trinajstić information content (AvgIpc) is 1.11. The second-order valence-electron chi connectivity index (χ2n) is 27.4. The van der Waals surface area contributed by atoms with Crippen molar-refractivity contribution in [3.8, 4) is 28.2 Å². The highest BCUT2D eigenvalue weighted by Crippen LogP contribution is 2.56. The van der Waals surface area contributed by atoms with Gasteiger partial charge in [0, 0.05) is 108 Å². The normalized spacial score (nSPS) is 13.3. The van der Waals surface area contributed by atoms with E-state index in [1.165, 1.54) is 102 Å². The van der Waals surface area contributed by atoms with Crippen molar-refractivity contribution in [3.05, 3.63) is 314 Å². The quantitative estimate of drug-likeness (QED) is 0.161. The van der Waals surface area contributed by atoms with Crippen molar-refractivity contribution in [1.82, 2.24) is 13.7 Å². The van der Waals surface area contributed by atoms with Gasteiger partial charge >= 0.3 is 0 Å². The van der Waals surface area contributed by atoms with Gasteiger partial charge in [0.2, 0.25) is 0 Å². The molecule has 8 heterocycles. The first-order valence-electron chi connectivity index (χ1n) is 34.5. The van der Waals surface area contributed by atoms with Crippen LogP contribution in [-0.4, -0.2) is 20.4 Å². The topological polar surface area (TPSA) is 47.6 Å². The lowest BCUT2D eigenvalue weighted by atomic mass is 9.33. The zero-order valence-electron chi connectivity index (χ0n) is 53.6. The van der Waals surface area contributed by atoms with E-state index < -0.39 is 0 Å². The molecule has 0 radical (unpaired) electrons. The molecule has 0 fully saturated rings. The van der Waals surface area contributed by atoms with Crippen LogP contribution in [0.15, 0.2) is 312 Å². The summed E-state index contributed by atoms with van der Waals surface area (Å²) in [6.07, 6.45) is 0.820. The molecule has 24 rings (SSSR count). The molecule has 0 N–H and O–H groups in total. The number of anilines is 6. The van der Waals surface area contributed by atoms with Crippen LogP contribution in [0.2, 0.25) is 0 Å². The molecule has 0 atom stereocenters. The number of aromatic nitrogens is 3. The van der Waals surface area contributed by atoms with E-state index in [0.717, 1.165) is 124 Å². The van der Waals surface area contributed by atoms with Gasteiger partial charge in [0.25, 0.3) is 6.71 Å². The number of rotatable bonds is 5. The summed E-state index contributed by atoms with van der Waals surface area (Å²) < 4.78 is 24.6. The van der Waals surface area contributed by atoms with E-state index in [4.69, 9.17) is 8.83 Å². The van der Waals surface area contributed by atoms with Gasteiger partial charge < -0.3 is 32.3 Å². The maximum absolute atomic E-state index is 7.58. The number of nitrogens with zero attached hydrogens (tertiary/aromatic N) is 5. The maximum atomic E-state index is 7.58. The van der Waals surface area contributed by atoms with E-state index in [2.05, 4.69) is 327 Å². The van der Waals surface area contributed by atoms with Crippen molar-refractivity contribution in [2.75, 3.05) is 9.80 Å². The molecule has 0 saturated carbocycles. The van der Waals surface area contributed by atoms with Crippen LogP contribution in [0.4, 0.5) is 34.1 Å². The molecule has 0 saturated heterocycles. The lowest BCUT2D eigenvalue weighted by molar-refractivity contribution is 0.668. The number of benzene rings is 15. The second-order valence-corrected chi connectivity index (χ2v) is 28.4. The van der Waals surface area contributed by atoms with Crippen LogP contribution in [0.5, 0.6) is 0 Å². The predicted octanol–water partition coefficient (Wildman–Crippen LogP) is 22.8. The Hall–Kier alpha value is -12.8. The summed E-state index contributed by atoms with van der Waals surface area (Å²) >= 11 is 1.89. The van der Waals surface area contributed by atoms with Crippen LogP contribution in [0.25, 0.3) is 158 Å². The lowest BCUT2D eigenvalue weighted by Crippen LogP contribution is -2.61. The van der Waals surface area contributed by atoms with Crippen molar-refractivity contribution < 1.29 is 8.83 Å². The van der Waals surface area contributed by atoms with Gasteiger partial charge in [0.1, 0.15) is 16.7 Å². The molecule has 0 amide bonds. The SMILES string of the molecule is c1cc2c(c(N3c4cc5c(cc4B4c6cc(-n7c8ccccc8c8ccccc87)ccc6N(c6cccc7oc8ccc(-n9c%10ccccc%10c%10ccccc%109)cc8c67)c6c4c3cc3c6oc4ccccc43)sc3ccccc35)c1)-c1cc(-n3c4ccccc4c4ccccc43)ccc1C2. The van der Waals surface area contributed by atoms with Gasteiger partial charge in [0.05, 0.1) is 55.5 Å². The van der Waals surface area contributed by atoms with Crippen LogP contribution in [0, 0.1) is 0 Å². The minimum absolute atomic E-state index is 0.282. The Kier molecular flexibility index (Phi) is 10.4. The van der Waals surface area contributed by atoms with Gasteiger partial charge in [-0.15, -0.1) is 11.3 Å². The third-order valence-electron chi connectivity index (χ3n) is 22.4. The number of hydrogen-bond acceptors (Lipinski definition) is 5. The molecule has 2 aliphatic heterocycles. The molecule has 1 aliphatic carbocycles. The zero-order valence-corrected chi connectivity index (χ0v) is 54.4.